The molecule has 98 valence electrons. The van der Waals surface area contributed by atoms with E-state index in [0.717, 1.165) is 21.0 Å². The first-order valence-electron chi connectivity index (χ1n) is 5.68. The minimum atomic E-state index is -0.204. The number of hydrogen-bond acceptors (Lipinski definition) is 4. The standard InChI is InChI=1S/C14H14N2OS2/c1-9-2-7-13(12(8-9)14(17)16-18)19-11-5-3-10(15)4-6-11/h2-8,18H,15H2,1H3,(H,16,17). The van der Waals surface area contributed by atoms with Crippen LogP contribution in [0, 0.1) is 6.92 Å². The molecule has 0 aliphatic heterocycles. The molecule has 19 heavy (non-hydrogen) atoms. The number of benzene rings is 2. The van der Waals surface area contributed by atoms with Gasteiger partial charge in [0.1, 0.15) is 0 Å². The van der Waals surface area contributed by atoms with E-state index in [1.165, 1.54) is 11.8 Å². The maximum Gasteiger partial charge on any atom is 0.262 e. The molecule has 0 aliphatic rings. The van der Waals surface area contributed by atoms with E-state index in [-0.39, 0.29) is 5.91 Å². The number of nitrogens with two attached hydrogens (primary N) is 1. The minimum absolute atomic E-state index is 0.204. The van der Waals surface area contributed by atoms with E-state index in [4.69, 9.17) is 5.73 Å². The maximum absolute atomic E-state index is 11.8. The third kappa shape index (κ3) is 3.45. The van der Waals surface area contributed by atoms with Crippen LogP contribution in [0.25, 0.3) is 0 Å². The van der Waals surface area contributed by atoms with Crippen LogP contribution in [-0.4, -0.2) is 5.91 Å². The van der Waals surface area contributed by atoms with Crippen LogP contribution < -0.4 is 10.5 Å². The van der Waals surface area contributed by atoms with Gasteiger partial charge in [0, 0.05) is 15.5 Å². The summed E-state index contributed by atoms with van der Waals surface area (Å²) in [6.45, 7) is 1.95. The normalized spacial score (nSPS) is 10.2. The van der Waals surface area contributed by atoms with Crippen molar-refractivity contribution in [1.29, 1.82) is 0 Å². The number of anilines is 1. The first kappa shape index (κ1) is 13.8. The molecule has 0 aromatic heterocycles. The van der Waals surface area contributed by atoms with Gasteiger partial charge in [0.05, 0.1) is 5.56 Å². The number of carbonyl (C=O) groups excluding carboxylic acids is 1. The maximum atomic E-state index is 11.8. The van der Waals surface area contributed by atoms with Gasteiger partial charge in [0.15, 0.2) is 0 Å². The molecule has 0 unspecified atom stereocenters. The molecule has 0 radical (unpaired) electrons. The summed E-state index contributed by atoms with van der Waals surface area (Å²) >= 11 is 5.35. The van der Waals surface area contributed by atoms with Gasteiger partial charge in [-0.2, -0.15) is 0 Å². The number of thiol groups is 1. The lowest BCUT2D eigenvalue weighted by molar-refractivity contribution is 0.0982. The van der Waals surface area contributed by atoms with Gasteiger partial charge in [0.25, 0.3) is 5.91 Å². The molecule has 3 nitrogen and oxygen atoms in total. The van der Waals surface area contributed by atoms with Gasteiger partial charge in [-0.25, -0.2) is 0 Å². The highest BCUT2D eigenvalue weighted by molar-refractivity contribution is 7.99. The van der Waals surface area contributed by atoms with Crippen molar-refractivity contribution in [3.8, 4) is 0 Å². The predicted molar refractivity (Wildman–Crippen MR) is 82.6 cm³/mol. The van der Waals surface area contributed by atoms with E-state index in [0.29, 0.717) is 5.56 Å². The zero-order valence-electron chi connectivity index (χ0n) is 10.4. The SMILES string of the molecule is Cc1ccc(Sc2ccc(N)cc2)c(C(=O)NS)c1. The molecule has 0 saturated carbocycles. The molecule has 0 aliphatic carbocycles. The fourth-order valence-corrected chi connectivity index (χ4v) is 2.68. The lowest BCUT2D eigenvalue weighted by Gasteiger charge is -2.09. The number of aryl methyl sites for hydroxylation is 1. The second-order valence-electron chi connectivity index (χ2n) is 4.11. The van der Waals surface area contributed by atoms with Crippen LogP contribution in [0.4, 0.5) is 5.69 Å². The van der Waals surface area contributed by atoms with Crippen LogP contribution in [0.1, 0.15) is 15.9 Å². The van der Waals surface area contributed by atoms with Gasteiger partial charge in [-0.3, -0.25) is 9.52 Å². The van der Waals surface area contributed by atoms with Crippen molar-refractivity contribution < 1.29 is 4.79 Å². The summed E-state index contributed by atoms with van der Waals surface area (Å²) < 4.78 is 2.37. The Bertz CT molecular complexity index is 597. The van der Waals surface area contributed by atoms with E-state index in [1.807, 2.05) is 49.4 Å². The van der Waals surface area contributed by atoms with E-state index in [2.05, 4.69) is 17.5 Å². The summed E-state index contributed by atoms with van der Waals surface area (Å²) in [5, 5.41) is 0. The quantitative estimate of drug-likeness (QED) is 0.600. The van der Waals surface area contributed by atoms with Crippen LogP contribution in [-0.2, 0) is 0 Å². The topological polar surface area (TPSA) is 55.1 Å². The van der Waals surface area contributed by atoms with Crippen molar-refractivity contribution in [2.45, 2.75) is 16.7 Å². The highest BCUT2D eigenvalue weighted by Crippen LogP contribution is 2.31. The summed E-state index contributed by atoms with van der Waals surface area (Å²) in [6.07, 6.45) is 0. The van der Waals surface area contributed by atoms with Gasteiger partial charge in [0.2, 0.25) is 0 Å². The van der Waals surface area contributed by atoms with Crippen molar-refractivity contribution in [1.82, 2.24) is 4.72 Å². The summed E-state index contributed by atoms with van der Waals surface area (Å²) in [5.41, 5.74) is 8.04. The second kappa shape index (κ2) is 6.04. The molecule has 0 heterocycles. The van der Waals surface area contributed by atoms with Crippen LogP contribution in [0.2, 0.25) is 0 Å². The lowest BCUT2D eigenvalue weighted by atomic mass is 10.1. The Hall–Kier alpha value is -1.59. The summed E-state index contributed by atoms with van der Waals surface area (Å²) in [4.78, 5) is 13.7. The largest absolute Gasteiger partial charge is 0.399 e. The number of rotatable bonds is 3. The Kier molecular flexibility index (Phi) is 4.39. The highest BCUT2D eigenvalue weighted by Gasteiger charge is 2.11. The Morgan fingerprint density at radius 1 is 1.21 bits per heavy atom. The Balaban J connectivity index is 2.34. The van der Waals surface area contributed by atoms with Crippen molar-refractivity contribution in [2.75, 3.05) is 5.73 Å². The van der Waals surface area contributed by atoms with Crippen molar-refractivity contribution in [2.24, 2.45) is 0 Å². The Labute approximate surface area is 122 Å². The Morgan fingerprint density at radius 2 is 1.89 bits per heavy atom. The zero-order chi connectivity index (χ0) is 13.8. The molecule has 2 rings (SSSR count). The summed E-state index contributed by atoms with van der Waals surface area (Å²) in [7, 11) is 0. The van der Waals surface area contributed by atoms with E-state index >= 15 is 0 Å². The van der Waals surface area contributed by atoms with Gasteiger partial charge in [-0.1, -0.05) is 36.2 Å². The average Bonchev–Trinajstić information content (AvgIpc) is 2.42. The third-order valence-electron chi connectivity index (χ3n) is 2.59. The van der Waals surface area contributed by atoms with Gasteiger partial charge >= 0.3 is 0 Å². The van der Waals surface area contributed by atoms with Crippen molar-refractivity contribution in [3.05, 3.63) is 53.6 Å². The molecule has 0 atom stereocenters. The third-order valence-corrected chi connectivity index (χ3v) is 3.88. The zero-order valence-corrected chi connectivity index (χ0v) is 12.1. The van der Waals surface area contributed by atoms with E-state index in [1.54, 1.807) is 0 Å². The number of amides is 1. The average molecular weight is 290 g/mol. The smallest absolute Gasteiger partial charge is 0.262 e. The molecule has 3 N–H and O–H groups in total. The molecule has 0 fully saturated rings. The van der Waals surface area contributed by atoms with Crippen LogP contribution >= 0.6 is 24.6 Å². The van der Waals surface area contributed by atoms with Gasteiger partial charge < -0.3 is 5.73 Å². The molecule has 2 aromatic rings. The van der Waals surface area contributed by atoms with Crippen LogP contribution in [0.3, 0.4) is 0 Å². The minimum Gasteiger partial charge on any atom is -0.399 e. The number of nitrogen functional groups attached to an aromatic ring is 1. The van der Waals surface area contributed by atoms with Crippen LogP contribution in [0.15, 0.2) is 52.3 Å². The summed E-state index contributed by atoms with van der Waals surface area (Å²) in [6, 6.07) is 13.3. The molecule has 5 heteroatoms. The molecule has 0 bridgehead atoms. The van der Waals surface area contributed by atoms with Gasteiger partial charge in [-0.05, 0) is 43.3 Å². The lowest BCUT2D eigenvalue weighted by Crippen LogP contribution is -2.13. The highest BCUT2D eigenvalue weighted by atomic mass is 32.2. The summed E-state index contributed by atoms with van der Waals surface area (Å²) in [5.74, 6) is -0.204. The fraction of sp³-hybridized carbons (Fsp3) is 0.0714. The molecule has 2 aromatic carbocycles. The molecule has 1 amide bonds. The second-order valence-corrected chi connectivity index (χ2v) is 5.45. The Morgan fingerprint density at radius 3 is 2.53 bits per heavy atom. The molecule has 0 spiro atoms. The van der Waals surface area contributed by atoms with E-state index < -0.39 is 0 Å². The van der Waals surface area contributed by atoms with Gasteiger partial charge in [-0.15, -0.1) is 0 Å². The monoisotopic (exact) mass is 290 g/mol. The fourth-order valence-electron chi connectivity index (χ4n) is 1.63. The molecular formula is C14H14N2OS2. The first-order chi connectivity index (χ1) is 9.10. The number of nitrogens with one attached hydrogen (secondary N) is 1. The molecule has 0 saturated heterocycles. The van der Waals surface area contributed by atoms with E-state index in [9.17, 15) is 4.79 Å². The van der Waals surface area contributed by atoms with Crippen molar-refractivity contribution in [3.63, 3.8) is 0 Å². The number of carbonyl (C=O) groups is 1. The number of hydrogen-bond donors (Lipinski definition) is 3. The van der Waals surface area contributed by atoms with Crippen LogP contribution in [0.5, 0.6) is 0 Å². The molecular weight excluding hydrogens is 276 g/mol. The first-order valence-corrected chi connectivity index (χ1v) is 6.95. The predicted octanol–water partition coefficient (Wildman–Crippen LogP) is 3.30. The van der Waals surface area contributed by atoms with Crippen molar-refractivity contribution >= 4 is 36.2 Å².